The number of thiol groups is 1. The summed E-state index contributed by atoms with van der Waals surface area (Å²) < 4.78 is 0. The lowest BCUT2D eigenvalue weighted by Gasteiger charge is -2.01. The molecular formula is C12H10S2. The van der Waals surface area contributed by atoms with Crippen LogP contribution in [0.3, 0.4) is 0 Å². The molecule has 0 atom stereocenters. The first-order valence-corrected chi connectivity index (χ1v) is 6.24. The zero-order valence-electron chi connectivity index (χ0n) is 7.55. The molecular weight excluding hydrogens is 208 g/mol. The molecule has 0 unspecified atom stereocenters. The molecule has 70 valence electrons. The predicted octanol–water partition coefficient (Wildman–Crippen LogP) is 4.29. The fourth-order valence-corrected chi connectivity index (χ4v) is 1.96. The summed E-state index contributed by atoms with van der Waals surface area (Å²) in [5, 5.41) is 0. The van der Waals surface area contributed by atoms with Crippen LogP contribution < -0.4 is 0 Å². The highest BCUT2D eigenvalue weighted by Crippen LogP contribution is 2.25. The van der Waals surface area contributed by atoms with E-state index < -0.39 is 0 Å². The molecule has 0 aromatic heterocycles. The van der Waals surface area contributed by atoms with Crippen LogP contribution >= 0.6 is 22.5 Å². The molecule has 2 aromatic rings. The highest BCUT2D eigenvalue weighted by Gasteiger charge is 1.95. The molecule has 0 heterocycles. The van der Waals surface area contributed by atoms with Crippen molar-refractivity contribution in [2.75, 3.05) is 0 Å². The van der Waals surface area contributed by atoms with Crippen molar-refractivity contribution in [1.82, 2.24) is 0 Å². The van der Waals surface area contributed by atoms with Crippen LogP contribution in [-0.4, -0.2) is 0 Å². The molecule has 0 aliphatic heterocycles. The third kappa shape index (κ3) is 2.14. The first-order chi connectivity index (χ1) is 6.90. The molecule has 2 heteroatoms. The Bertz CT molecular complexity index is 392. The quantitative estimate of drug-likeness (QED) is 0.579. The molecule has 0 bridgehead atoms. The van der Waals surface area contributed by atoms with Crippen LogP contribution in [0.4, 0.5) is 0 Å². The van der Waals surface area contributed by atoms with Crippen molar-refractivity contribution >= 4 is 22.5 Å². The third-order valence-corrected chi connectivity index (χ3v) is 3.18. The lowest BCUT2D eigenvalue weighted by atomic mass is 10.1. The lowest BCUT2D eigenvalue weighted by Crippen LogP contribution is -1.75. The van der Waals surface area contributed by atoms with E-state index in [9.17, 15) is 0 Å². The minimum absolute atomic E-state index is 1.17. The average molecular weight is 218 g/mol. The second-order valence-corrected chi connectivity index (χ2v) is 4.18. The van der Waals surface area contributed by atoms with Gasteiger partial charge in [0.25, 0.3) is 0 Å². The van der Waals surface area contributed by atoms with Gasteiger partial charge in [-0.15, -0.1) is 11.7 Å². The van der Waals surface area contributed by atoms with Crippen molar-refractivity contribution in [3.8, 4) is 11.1 Å². The summed E-state index contributed by atoms with van der Waals surface area (Å²) in [6, 6.07) is 18.8. The van der Waals surface area contributed by atoms with Crippen molar-refractivity contribution in [2.24, 2.45) is 0 Å². The average Bonchev–Trinajstić information content (AvgIpc) is 2.30. The smallest absolute Gasteiger partial charge is 0.0180 e. The molecule has 0 radical (unpaired) electrons. The number of benzene rings is 2. The van der Waals surface area contributed by atoms with E-state index in [1.165, 1.54) is 26.8 Å². The van der Waals surface area contributed by atoms with Gasteiger partial charge in [-0.3, -0.25) is 0 Å². The Labute approximate surface area is 93.2 Å². The highest BCUT2D eigenvalue weighted by molar-refractivity contribution is 8.68. The molecule has 0 spiro atoms. The van der Waals surface area contributed by atoms with E-state index >= 15 is 0 Å². The Kier molecular flexibility index (Phi) is 3.17. The topological polar surface area (TPSA) is 0 Å². The molecule has 2 aromatic carbocycles. The summed E-state index contributed by atoms with van der Waals surface area (Å²) in [5.74, 6) is 0. The van der Waals surface area contributed by atoms with Crippen LogP contribution in [0.15, 0.2) is 59.5 Å². The zero-order valence-corrected chi connectivity index (χ0v) is 9.26. The second-order valence-electron chi connectivity index (χ2n) is 2.98. The van der Waals surface area contributed by atoms with Gasteiger partial charge in [0.2, 0.25) is 0 Å². The normalized spacial score (nSPS) is 10.1. The van der Waals surface area contributed by atoms with E-state index in [0.717, 1.165) is 0 Å². The molecule has 0 aliphatic rings. The molecule has 0 fully saturated rings. The van der Waals surface area contributed by atoms with E-state index in [-0.39, 0.29) is 0 Å². The Hall–Kier alpha value is -0.860. The lowest BCUT2D eigenvalue weighted by molar-refractivity contribution is 1.47. The monoisotopic (exact) mass is 218 g/mol. The molecule has 0 nitrogen and oxygen atoms in total. The largest absolute Gasteiger partial charge is 0.106 e. The number of hydrogen-bond acceptors (Lipinski definition) is 2. The van der Waals surface area contributed by atoms with E-state index in [0.29, 0.717) is 0 Å². The number of rotatable bonds is 2. The van der Waals surface area contributed by atoms with Gasteiger partial charge < -0.3 is 0 Å². The van der Waals surface area contributed by atoms with Crippen LogP contribution in [-0.2, 0) is 0 Å². The van der Waals surface area contributed by atoms with E-state index in [1.54, 1.807) is 0 Å². The van der Waals surface area contributed by atoms with E-state index in [2.05, 4.69) is 60.2 Å². The van der Waals surface area contributed by atoms with Gasteiger partial charge >= 0.3 is 0 Å². The van der Waals surface area contributed by atoms with Gasteiger partial charge in [0.05, 0.1) is 0 Å². The Morgan fingerprint density at radius 3 is 1.86 bits per heavy atom. The summed E-state index contributed by atoms with van der Waals surface area (Å²) in [6.45, 7) is 0. The Morgan fingerprint density at radius 1 is 0.714 bits per heavy atom. The van der Waals surface area contributed by atoms with Crippen LogP contribution in [0.5, 0.6) is 0 Å². The summed E-state index contributed by atoms with van der Waals surface area (Å²) >= 11 is 4.15. The standard InChI is InChI=1S/C12H10S2/c13-14-12-8-6-11(7-9-12)10-4-2-1-3-5-10/h1-9,13H. The molecule has 0 saturated heterocycles. The molecule has 0 aliphatic carbocycles. The van der Waals surface area contributed by atoms with Crippen molar-refractivity contribution in [3.63, 3.8) is 0 Å². The maximum Gasteiger partial charge on any atom is 0.0180 e. The third-order valence-electron chi connectivity index (χ3n) is 2.07. The van der Waals surface area contributed by atoms with Crippen molar-refractivity contribution in [2.45, 2.75) is 4.90 Å². The van der Waals surface area contributed by atoms with Crippen LogP contribution in [0, 0.1) is 0 Å². The maximum atomic E-state index is 4.15. The molecule has 0 amide bonds. The van der Waals surface area contributed by atoms with Gasteiger partial charge in [0, 0.05) is 4.90 Å². The van der Waals surface area contributed by atoms with Crippen molar-refractivity contribution in [1.29, 1.82) is 0 Å². The predicted molar refractivity (Wildman–Crippen MR) is 66.7 cm³/mol. The summed E-state index contributed by atoms with van der Waals surface area (Å²) in [5.41, 5.74) is 2.50. The van der Waals surface area contributed by atoms with Crippen LogP contribution in [0.25, 0.3) is 11.1 Å². The van der Waals surface area contributed by atoms with Gasteiger partial charge in [-0.1, -0.05) is 53.3 Å². The minimum atomic E-state index is 1.17. The van der Waals surface area contributed by atoms with Gasteiger partial charge in [0.1, 0.15) is 0 Å². The Balaban J connectivity index is 2.34. The number of hydrogen-bond donors (Lipinski definition) is 1. The summed E-state index contributed by atoms with van der Waals surface area (Å²) in [4.78, 5) is 1.17. The first kappa shape index (κ1) is 9.69. The summed E-state index contributed by atoms with van der Waals surface area (Å²) in [6.07, 6.45) is 0. The first-order valence-electron chi connectivity index (χ1n) is 4.37. The zero-order chi connectivity index (χ0) is 9.80. The van der Waals surface area contributed by atoms with Gasteiger partial charge in [-0.2, -0.15) is 0 Å². The SMILES string of the molecule is SSc1ccc(-c2ccccc2)cc1. The molecule has 0 saturated carbocycles. The van der Waals surface area contributed by atoms with Gasteiger partial charge in [-0.05, 0) is 23.3 Å². The van der Waals surface area contributed by atoms with E-state index in [4.69, 9.17) is 0 Å². The maximum absolute atomic E-state index is 4.15. The molecule has 0 N–H and O–H groups in total. The minimum Gasteiger partial charge on any atom is -0.106 e. The fraction of sp³-hybridized carbons (Fsp3) is 0. The molecule has 2 rings (SSSR count). The van der Waals surface area contributed by atoms with Crippen molar-refractivity contribution < 1.29 is 0 Å². The van der Waals surface area contributed by atoms with E-state index in [1.807, 2.05) is 6.07 Å². The Morgan fingerprint density at radius 2 is 1.29 bits per heavy atom. The highest BCUT2D eigenvalue weighted by atomic mass is 33.1. The van der Waals surface area contributed by atoms with Gasteiger partial charge in [-0.25, -0.2) is 0 Å². The fourth-order valence-electron chi connectivity index (χ4n) is 1.34. The van der Waals surface area contributed by atoms with Gasteiger partial charge in [0.15, 0.2) is 0 Å². The van der Waals surface area contributed by atoms with Crippen LogP contribution in [0.2, 0.25) is 0 Å². The van der Waals surface area contributed by atoms with Crippen molar-refractivity contribution in [3.05, 3.63) is 54.6 Å². The molecule has 14 heavy (non-hydrogen) atoms. The second kappa shape index (κ2) is 4.58. The van der Waals surface area contributed by atoms with Crippen LogP contribution in [0.1, 0.15) is 0 Å². The summed E-state index contributed by atoms with van der Waals surface area (Å²) in [7, 11) is 1.47.